The Hall–Kier alpha value is -0.550. The number of aromatic hydroxyl groups is 1. The van der Waals surface area contributed by atoms with Crippen molar-refractivity contribution in [1.82, 2.24) is 0 Å². The molecule has 0 spiro atoms. The van der Waals surface area contributed by atoms with Crippen LogP contribution in [0.4, 0.5) is 0 Å². The van der Waals surface area contributed by atoms with Crippen LogP contribution in [0.15, 0.2) is 16.6 Å². The molecule has 0 aromatic heterocycles. The molecule has 0 atom stereocenters. The van der Waals surface area contributed by atoms with Gasteiger partial charge in [0.2, 0.25) is 0 Å². The molecule has 0 saturated heterocycles. The molecule has 1 N–H and O–H groups in total. The van der Waals surface area contributed by atoms with E-state index in [9.17, 15) is 9.90 Å². The van der Waals surface area contributed by atoms with E-state index in [2.05, 4.69) is 36.6 Å². The molecule has 0 aliphatic heterocycles. The zero-order chi connectivity index (χ0) is 10.7. The SMILES string of the molecule is COC(=O)c1c(CBr)ccc(Br)c1O. The summed E-state index contributed by atoms with van der Waals surface area (Å²) in [6, 6.07) is 3.42. The highest BCUT2D eigenvalue weighted by atomic mass is 79.9. The molecule has 5 heteroatoms. The first-order chi connectivity index (χ1) is 6.61. The second-order valence-corrected chi connectivity index (χ2v) is 3.97. The van der Waals surface area contributed by atoms with E-state index in [0.717, 1.165) is 0 Å². The Kier molecular flexibility index (Phi) is 3.95. The summed E-state index contributed by atoms with van der Waals surface area (Å²) < 4.78 is 5.05. The van der Waals surface area contributed by atoms with Crippen LogP contribution in [0.5, 0.6) is 5.75 Å². The fourth-order valence-corrected chi connectivity index (χ4v) is 1.85. The first kappa shape index (κ1) is 11.5. The molecule has 1 rings (SSSR count). The van der Waals surface area contributed by atoms with Crippen molar-refractivity contribution in [2.45, 2.75) is 5.33 Å². The molecule has 1 aromatic carbocycles. The number of halogens is 2. The maximum atomic E-state index is 11.3. The third-order valence-corrected chi connectivity index (χ3v) is 2.99. The van der Waals surface area contributed by atoms with E-state index in [0.29, 0.717) is 15.4 Å². The van der Waals surface area contributed by atoms with Gasteiger partial charge in [-0.1, -0.05) is 22.0 Å². The summed E-state index contributed by atoms with van der Waals surface area (Å²) in [6.45, 7) is 0. The highest BCUT2D eigenvalue weighted by Gasteiger charge is 2.18. The van der Waals surface area contributed by atoms with Gasteiger partial charge in [-0.2, -0.15) is 0 Å². The molecule has 0 saturated carbocycles. The van der Waals surface area contributed by atoms with Gasteiger partial charge in [-0.3, -0.25) is 0 Å². The van der Waals surface area contributed by atoms with E-state index in [1.807, 2.05) is 0 Å². The van der Waals surface area contributed by atoms with Gasteiger partial charge in [0.05, 0.1) is 11.6 Å². The molecule has 1 aromatic rings. The van der Waals surface area contributed by atoms with Crippen molar-refractivity contribution in [2.24, 2.45) is 0 Å². The van der Waals surface area contributed by atoms with E-state index in [1.165, 1.54) is 7.11 Å². The van der Waals surface area contributed by atoms with E-state index >= 15 is 0 Å². The minimum Gasteiger partial charge on any atom is -0.506 e. The molecule has 0 radical (unpaired) electrons. The van der Waals surface area contributed by atoms with Crippen molar-refractivity contribution >= 4 is 37.8 Å². The van der Waals surface area contributed by atoms with Crippen molar-refractivity contribution in [2.75, 3.05) is 7.11 Å². The summed E-state index contributed by atoms with van der Waals surface area (Å²) in [5, 5.41) is 10.1. The molecule has 3 nitrogen and oxygen atoms in total. The zero-order valence-corrected chi connectivity index (χ0v) is 10.6. The lowest BCUT2D eigenvalue weighted by Gasteiger charge is -2.08. The maximum absolute atomic E-state index is 11.3. The Balaban J connectivity index is 3.35. The Bertz CT molecular complexity index is 363. The van der Waals surface area contributed by atoms with E-state index in [1.54, 1.807) is 12.1 Å². The summed E-state index contributed by atoms with van der Waals surface area (Å²) in [7, 11) is 1.28. The predicted octanol–water partition coefficient (Wildman–Crippen LogP) is 2.84. The van der Waals surface area contributed by atoms with Gasteiger partial charge in [0.25, 0.3) is 0 Å². The Morgan fingerprint density at radius 2 is 2.21 bits per heavy atom. The van der Waals surface area contributed by atoms with Crippen LogP contribution in [-0.4, -0.2) is 18.2 Å². The average Bonchev–Trinajstić information content (AvgIpc) is 2.20. The van der Waals surface area contributed by atoms with Gasteiger partial charge in [0.1, 0.15) is 11.3 Å². The number of benzene rings is 1. The van der Waals surface area contributed by atoms with Crippen LogP contribution >= 0.6 is 31.9 Å². The lowest BCUT2D eigenvalue weighted by Crippen LogP contribution is -2.05. The largest absolute Gasteiger partial charge is 0.506 e. The molecule has 0 amide bonds. The first-order valence-electron chi connectivity index (χ1n) is 3.76. The van der Waals surface area contributed by atoms with Gasteiger partial charge in [0.15, 0.2) is 0 Å². The molecule has 76 valence electrons. The molecule has 0 heterocycles. The Morgan fingerprint density at radius 1 is 1.57 bits per heavy atom. The molecular formula is C9H8Br2O3. The number of carbonyl (C=O) groups excluding carboxylic acids is 1. The number of esters is 1. The molecule has 0 fully saturated rings. The van der Waals surface area contributed by atoms with Crippen LogP contribution in [-0.2, 0) is 10.1 Å². The van der Waals surface area contributed by atoms with Gasteiger partial charge in [-0.15, -0.1) is 0 Å². The lowest BCUT2D eigenvalue weighted by molar-refractivity contribution is 0.0596. The number of carbonyl (C=O) groups is 1. The van der Waals surface area contributed by atoms with Gasteiger partial charge in [-0.05, 0) is 27.6 Å². The quantitative estimate of drug-likeness (QED) is 0.672. The van der Waals surface area contributed by atoms with Crippen molar-refractivity contribution in [3.63, 3.8) is 0 Å². The number of hydrogen-bond donors (Lipinski definition) is 1. The number of ether oxygens (including phenoxy) is 1. The maximum Gasteiger partial charge on any atom is 0.341 e. The van der Waals surface area contributed by atoms with Crippen molar-refractivity contribution < 1.29 is 14.6 Å². The zero-order valence-electron chi connectivity index (χ0n) is 7.38. The summed E-state index contributed by atoms with van der Waals surface area (Å²) in [5.74, 6) is -0.632. The van der Waals surface area contributed by atoms with E-state index in [4.69, 9.17) is 0 Å². The summed E-state index contributed by atoms with van der Waals surface area (Å²) in [4.78, 5) is 11.3. The lowest BCUT2D eigenvalue weighted by atomic mass is 10.1. The second kappa shape index (κ2) is 4.79. The standard InChI is InChI=1S/C9H8Br2O3/c1-14-9(13)7-5(4-10)2-3-6(11)8(7)12/h2-3,12H,4H2,1H3. The van der Waals surface area contributed by atoms with Crippen molar-refractivity contribution in [3.05, 3.63) is 27.7 Å². The van der Waals surface area contributed by atoms with Crippen LogP contribution in [0.25, 0.3) is 0 Å². The number of hydrogen-bond acceptors (Lipinski definition) is 3. The second-order valence-electron chi connectivity index (χ2n) is 2.56. The monoisotopic (exact) mass is 322 g/mol. The number of rotatable bonds is 2. The normalized spacial score (nSPS) is 9.93. The van der Waals surface area contributed by atoms with Crippen LogP contribution in [0.1, 0.15) is 15.9 Å². The topological polar surface area (TPSA) is 46.5 Å². The molecule has 0 bridgehead atoms. The van der Waals surface area contributed by atoms with Crippen LogP contribution in [0, 0.1) is 0 Å². The fraction of sp³-hybridized carbons (Fsp3) is 0.222. The summed E-state index contributed by atoms with van der Waals surface area (Å²) >= 11 is 6.36. The molecule has 14 heavy (non-hydrogen) atoms. The molecule has 0 aliphatic rings. The van der Waals surface area contributed by atoms with E-state index < -0.39 is 5.97 Å². The Labute approximate surface area is 98.3 Å². The number of methoxy groups -OCH3 is 1. The number of phenolic OH excluding ortho intramolecular Hbond substituents is 1. The fourth-order valence-electron chi connectivity index (χ4n) is 1.05. The predicted molar refractivity (Wildman–Crippen MR) is 59.8 cm³/mol. The van der Waals surface area contributed by atoms with Gasteiger partial charge >= 0.3 is 5.97 Å². The molecule has 0 unspecified atom stereocenters. The highest BCUT2D eigenvalue weighted by molar-refractivity contribution is 9.10. The molecular weight excluding hydrogens is 316 g/mol. The molecule has 0 aliphatic carbocycles. The number of alkyl halides is 1. The smallest absolute Gasteiger partial charge is 0.341 e. The van der Waals surface area contributed by atoms with Gasteiger partial charge in [-0.25, -0.2) is 4.79 Å². The minimum atomic E-state index is -0.543. The van der Waals surface area contributed by atoms with Crippen LogP contribution < -0.4 is 0 Å². The van der Waals surface area contributed by atoms with E-state index in [-0.39, 0.29) is 11.3 Å². The van der Waals surface area contributed by atoms with Crippen molar-refractivity contribution in [3.8, 4) is 5.75 Å². The Morgan fingerprint density at radius 3 is 2.71 bits per heavy atom. The first-order valence-corrected chi connectivity index (χ1v) is 5.68. The summed E-state index contributed by atoms with van der Waals surface area (Å²) in [6.07, 6.45) is 0. The van der Waals surface area contributed by atoms with Gasteiger partial charge in [0, 0.05) is 5.33 Å². The number of phenols is 1. The summed E-state index contributed by atoms with van der Waals surface area (Å²) in [5.41, 5.74) is 0.885. The third-order valence-electron chi connectivity index (χ3n) is 1.75. The minimum absolute atomic E-state index is 0.0891. The van der Waals surface area contributed by atoms with Gasteiger partial charge < -0.3 is 9.84 Å². The van der Waals surface area contributed by atoms with Crippen LogP contribution in [0.2, 0.25) is 0 Å². The highest BCUT2D eigenvalue weighted by Crippen LogP contribution is 2.31. The average molecular weight is 324 g/mol. The van der Waals surface area contributed by atoms with Crippen LogP contribution in [0.3, 0.4) is 0 Å². The third kappa shape index (κ3) is 2.09. The van der Waals surface area contributed by atoms with Crippen molar-refractivity contribution in [1.29, 1.82) is 0 Å².